The number of aromatic amines is 1. The van der Waals surface area contributed by atoms with E-state index in [9.17, 15) is 19.7 Å². The average Bonchev–Trinajstić information content (AvgIpc) is 3.27. The monoisotopic (exact) mass is 475 g/mol. The molecule has 0 bridgehead atoms. The second-order valence-electron chi connectivity index (χ2n) is 9.39. The minimum Gasteiger partial charge on any atom is -0.350 e. The summed E-state index contributed by atoms with van der Waals surface area (Å²) in [5.41, 5.74) is 3.02. The molecule has 2 aliphatic heterocycles. The molecule has 3 heterocycles. The maximum atomic E-state index is 13.6. The number of likely N-dealkylation sites (N-methyl/N-ethyl adjacent to an activating group) is 1. The maximum Gasteiger partial charge on any atom is 0.271 e. The third-order valence-electron chi connectivity index (χ3n) is 7.06. The molecule has 2 fully saturated rings. The molecular formula is C26H29N5O4. The number of benzene rings is 2. The lowest BCUT2D eigenvalue weighted by molar-refractivity contribution is -0.384. The second-order valence-corrected chi connectivity index (χ2v) is 9.39. The van der Waals surface area contributed by atoms with Crippen LogP contribution >= 0.6 is 0 Å². The zero-order valence-electron chi connectivity index (χ0n) is 19.8. The van der Waals surface area contributed by atoms with Gasteiger partial charge in [-0.25, -0.2) is 0 Å². The smallest absolute Gasteiger partial charge is 0.271 e. The van der Waals surface area contributed by atoms with Crippen LogP contribution in [0.4, 0.5) is 5.69 Å². The Hall–Kier alpha value is -3.72. The Kier molecular flexibility index (Phi) is 6.25. The molecule has 35 heavy (non-hydrogen) atoms. The van der Waals surface area contributed by atoms with E-state index in [2.05, 4.69) is 9.88 Å². The fraction of sp³-hybridized carbons (Fsp3) is 0.385. The predicted octanol–water partition coefficient (Wildman–Crippen LogP) is 3.76. The van der Waals surface area contributed by atoms with Crippen LogP contribution in [0.5, 0.6) is 0 Å². The number of aromatic nitrogens is 1. The topological polar surface area (TPSA) is 103 Å². The molecule has 182 valence electrons. The summed E-state index contributed by atoms with van der Waals surface area (Å²) in [7, 11) is 2.03. The number of hydrogen-bond donors (Lipinski definition) is 1. The highest BCUT2D eigenvalue weighted by Crippen LogP contribution is 2.35. The number of piperazine rings is 1. The first-order chi connectivity index (χ1) is 16.9. The molecule has 0 atom stereocenters. The summed E-state index contributed by atoms with van der Waals surface area (Å²) in [5, 5.41) is 12.1. The molecule has 3 aromatic rings. The highest BCUT2D eigenvalue weighted by molar-refractivity contribution is 6.10. The van der Waals surface area contributed by atoms with Crippen LogP contribution in [-0.2, 0) is 0 Å². The number of nitrogens with zero attached hydrogens (tertiary/aromatic N) is 4. The number of nitro benzene ring substituents is 1. The van der Waals surface area contributed by atoms with Gasteiger partial charge in [0, 0.05) is 73.4 Å². The highest BCUT2D eigenvalue weighted by atomic mass is 16.6. The van der Waals surface area contributed by atoms with Crippen LogP contribution < -0.4 is 0 Å². The van der Waals surface area contributed by atoms with Gasteiger partial charge in [0.1, 0.15) is 5.69 Å². The molecule has 9 nitrogen and oxygen atoms in total. The number of carbonyl (C=O) groups is 2. The molecule has 2 aliphatic rings. The van der Waals surface area contributed by atoms with Crippen molar-refractivity contribution in [2.24, 2.45) is 0 Å². The van der Waals surface area contributed by atoms with Crippen molar-refractivity contribution >= 4 is 28.4 Å². The average molecular weight is 476 g/mol. The molecule has 1 aromatic heterocycles. The lowest BCUT2D eigenvalue weighted by atomic mass is 9.99. The number of fused-ring (bicyclic) bond motifs is 1. The second kappa shape index (κ2) is 9.50. The summed E-state index contributed by atoms with van der Waals surface area (Å²) >= 11 is 0. The number of rotatable bonds is 4. The van der Waals surface area contributed by atoms with Crippen LogP contribution in [0.1, 0.15) is 40.1 Å². The summed E-state index contributed by atoms with van der Waals surface area (Å²) in [6.07, 6.45) is 3.20. The largest absolute Gasteiger partial charge is 0.350 e. The quantitative estimate of drug-likeness (QED) is 0.457. The van der Waals surface area contributed by atoms with Gasteiger partial charge in [-0.3, -0.25) is 19.7 Å². The lowest BCUT2D eigenvalue weighted by Gasteiger charge is -2.32. The molecule has 0 unspecified atom stereocenters. The first-order valence-corrected chi connectivity index (χ1v) is 12.1. The fourth-order valence-corrected chi connectivity index (χ4v) is 4.98. The maximum absolute atomic E-state index is 13.6. The Morgan fingerprint density at radius 1 is 0.857 bits per heavy atom. The SMILES string of the molecule is CN1CCN(C(=O)c2[nH]c3ccc([N+](=O)[O-])cc3c2-c2ccc(C(=O)N3CCCCC3)cc2)CC1. The standard InChI is InChI=1S/C26H29N5O4/c1-28-13-15-30(16-14-28)26(33)24-23(21-17-20(31(34)35)9-10-22(21)27-24)18-5-7-19(8-6-18)25(32)29-11-3-2-4-12-29/h5-10,17,27H,2-4,11-16H2,1H3. The van der Waals surface area contributed by atoms with Crippen molar-refractivity contribution in [3.63, 3.8) is 0 Å². The molecule has 5 rings (SSSR count). The minimum absolute atomic E-state index is 0.0135. The zero-order valence-corrected chi connectivity index (χ0v) is 19.8. The number of non-ortho nitro benzene ring substituents is 1. The van der Waals surface area contributed by atoms with Crippen LogP contribution in [0.3, 0.4) is 0 Å². The summed E-state index contributed by atoms with van der Waals surface area (Å²) in [6.45, 7) is 4.37. The van der Waals surface area contributed by atoms with Crippen LogP contribution in [0.15, 0.2) is 42.5 Å². The van der Waals surface area contributed by atoms with Crippen LogP contribution in [0.25, 0.3) is 22.0 Å². The molecule has 1 N–H and O–H groups in total. The molecular weight excluding hydrogens is 446 g/mol. The molecule has 0 aliphatic carbocycles. The Bertz CT molecular complexity index is 1270. The Morgan fingerprint density at radius 3 is 2.17 bits per heavy atom. The summed E-state index contributed by atoms with van der Waals surface area (Å²) < 4.78 is 0. The predicted molar refractivity (Wildman–Crippen MR) is 134 cm³/mol. The van der Waals surface area contributed by atoms with E-state index in [0.29, 0.717) is 40.8 Å². The van der Waals surface area contributed by atoms with E-state index in [1.54, 1.807) is 18.2 Å². The Balaban J connectivity index is 1.54. The Labute approximate surface area is 203 Å². The zero-order chi connectivity index (χ0) is 24.5. The number of amides is 2. The van der Waals surface area contributed by atoms with Crippen LogP contribution in [0, 0.1) is 10.1 Å². The third kappa shape index (κ3) is 4.51. The first-order valence-electron chi connectivity index (χ1n) is 12.1. The Morgan fingerprint density at radius 2 is 1.51 bits per heavy atom. The van der Waals surface area contributed by atoms with Crippen molar-refractivity contribution < 1.29 is 14.5 Å². The van der Waals surface area contributed by atoms with Crippen LogP contribution in [-0.4, -0.2) is 82.7 Å². The van der Waals surface area contributed by atoms with E-state index in [-0.39, 0.29) is 17.5 Å². The van der Waals surface area contributed by atoms with E-state index < -0.39 is 4.92 Å². The minimum atomic E-state index is -0.432. The van der Waals surface area contributed by atoms with Crippen molar-refractivity contribution in [1.29, 1.82) is 0 Å². The summed E-state index contributed by atoms with van der Waals surface area (Å²) in [6, 6.07) is 11.8. The van der Waals surface area contributed by atoms with Gasteiger partial charge in [0.05, 0.1) is 4.92 Å². The third-order valence-corrected chi connectivity index (χ3v) is 7.06. The van der Waals surface area contributed by atoms with Crippen molar-refractivity contribution in [3.05, 3.63) is 63.8 Å². The number of nitro groups is 1. The van der Waals surface area contributed by atoms with Gasteiger partial charge in [0.25, 0.3) is 17.5 Å². The van der Waals surface area contributed by atoms with E-state index in [1.807, 2.05) is 29.0 Å². The molecule has 2 aromatic carbocycles. The van der Waals surface area contributed by atoms with Crippen molar-refractivity contribution in [1.82, 2.24) is 19.7 Å². The van der Waals surface area contributed by atoms with Crippen molar-refractivity contribution in [2.75, 3.05) is 46.3 Å². The van der Waals surface area contributed by atoms with Crippen molar-refractivity contribution in [3.8, 4) is 11.1 Å². The van der Waals surface area contributed by atoms with E-state index in [1.165, 1.54) is 12.1 Å². The summed E-state index contributed by atoms with van der Waals surface area (Å²) in [5.74, 6) is -0.111. The van der Waals surface area contributed by atoms with Gasteiger partial charge in [0.15, 0.2) is 0 Å². The number of nitrogens with one attached hydrogen (secondary N) is 1. The molecule has 0 spiro atoms. The van der Waals surface area contributed by atoms with Gasteiger partial charge in [-0.1, -0.05) is 12.1 Å². The van der Waals surface area contributed by atoms with Gasteiger partial charge in [-0.15, -0.1) is 0 Å². The molecule has 0 radical (unpaired) electrons. The number of carbonyl (C=O) groups excluding carboxylic acids is 2. The van der Waals surface area contributed by atoms with E-state index >= 15 is 0 Å². The number of likely N-dealkylation sites (tertiary alicyclic amines) is 1. The van der Waals surface area contributed by atoms with Gasteiger partial charge in [-0.2, -0.15) is 0 Å². The lowest BCUT2D eigenvalue weighted by Crippen LogP contribution is -2.47. The molecule has 2 saturated heterocycles. The van der Waals surface area contributed by atoms with Gasteiger partial charge >= 0.3 is 0 Å². The normalized spacial score (nSPS) is 17.1. The molecule has 9 heteroatoms. The van der Waals surface area contributed by atoms with E-state index in [4.69, 9.17) is 0 Å². The molecule has 0 saturated carbocycles. The molecule has 2 amide bonds. The number of piperidine rings is 1. The van der Waals surface area contributed by atoms with Gasteiger partial charge < -0.3 is 19.7 Å². The van der Waals surface area contributed by atoms with E-state index in [0.717, 1.165) is 51.0 Å². The first kappa shape index (κ1) is 23.0. The van der Waals surface area contributed by atoms with Gasteiger partial charge in [0.2, 0.25) is 0 Å². The summed E-state index contributed by atoms with van der Waals surface area (Å²) in [4.78, 5) is 46.6. The fourth-order valence-electron chi connectivity index (χ4n) is 4.98. The van der Waals surface area contributed by atoms with Gasteiger partial charge in [-0.05, 0) is 50.1 Å². The number of hydrogen-bond acceptors (Lipinski definition) is 5. The number of H-pyrrole nitrogens is 1. The van der Waals surface area contributed by atoms with Crippen molar-refractivity contribution in [2.45, 2.75) is 19.3 Å². The highest BCUT2D eigenvalue weighted by Gasteiger charge is 2.27. The van der Waals surface area contributed by atoms with Crippen LogP contribution in [0.2, 0.25) is 0 Å².